The molecule has 40 heavy (non-hydrogen) atoms. The Hall–Kier alpha value is -3.91. The molecule has 1 aliphatic rings. The minimum absolute atomic E-state index is 0.000870. The molecule has 0 radical (unpaired) electrons. The smallest absolute Gasteiger partial charge is 0.293 e. The summed E-state index contributed by atoms with van der Waals surface area (Å²) in [6.45, 7) is 3.86. The molecule has 1 aliphatic heterocycles. The number of thioether (sulfide) groups is 1. The van der Waals surface area contributed by atoms with Crippen molar-refractivity contribution < 1.29 is 28.8 Å². The highest BCUT2D eigenvalue weighted by Gasteiger charge is 2.35. The van der Waals surface area contributed by atoms with Crippen molar-refractivity contribution in [1.29, 1.82) is 0 Å². The Balaban J connectivity index is 1.48. The van der Waals surface area contributed by atoms with Gasteiger partial charge in [-0.25, -0.2) is 0 Å². The summed E-state index contributed by atoms with van der Waals surface area (Å²) in [5, 5.41) is 13.2. The van der Waals surface area contributed by atoms with Crippen molar-refractivity contribution in [2.45, 2.75) is 20.4 Å². The van der Waals surface area contributed by atoms with Crippen LogP contribution in [-0.4, -0.2) is 40.1 Å². The molecule has 0 aliphatic carbocycles. The molecule has 3 amide bonds. The third-order valence-electron chi connectivity index (χ3n) is 5.64. The molecule has 3 aromatic carbocycles. The summed E-state index contributed by atoms with van der Waals surface area (Å²) >= 11 is 2.88. The zero-order valence-corrected chi connectivity index (χ0v) is 24.5. The van der Waals surface area contributed by atoms with E-state index in [-0.39, 0.29) is 29.7 Å². The summed E-state index contributed by atoms with van der Waals surface area (Å²) in [6, 6.07) is 16.6. The van der Waals surface area contributed by atoms with Gasteiger partial charge in [-0.15, -0.1) is 0 Å². The van der Waals surface area contributed by atoms with Gasteiger partial charge < -0.3 is 14.8 Å². The number of non-ortho nitro benzene ring substituents is 1. The highest BCUT2D eigenvalue weighted by Crippen LogP contribution is 2.38. The molecule has 12 heteroatoms. The molecule has 1 heterocycles. The largest absolute Gasteiger partial charge is 0.490 e. The maximum Gasteiger partial charge on any atom is 0.293 e. The van der Waals surface area contributed by atoms with Crippen LogP contribution in [-0.2, 0) is 16.1 Å². The van der Waals surface area contributed by atoms with Crippen molar-refractivity contribution in [1.82, 2.24) is 4.90 Å². The van der Waals surface area contributed by atoms with Crippen LogP contribution in [0, 0.1) is 20.6 Å². The number of aryl methyl sites for hydroxylation is 1. The Morgan fingerprint density at radius 3 is 2.55 bits per heavy atom. The molecule has 0 spiro atoms. The van der Waals surface area contributed by atoms with E-state index < -0.39 is 16.1 Å². The lowest BCUT2D eigenvalue weighted by Crippen LogP contribution is -2.27. The average Bonchev–Trinajstić information content (AvgIpc) is 3.16. The number of carbonyl (C=O) groups is 3. The number of halogens is 1. The molecule has 206 valence electrons. The quantitative estimate of drug-likeness (QED) is 0.117. The van der Waals surface area contributed by atoms with E-state index in [1.807, 2.05) is 32.0 Å². The Morgan fingerprint density at radius 1 is 1.12 bits per heavy atom. The van der Waals surface area contributed by atoms with Crippen LogP contribution in [0.4, 0.5) is 16.2 Å². The fourth-order valence-corrected chi connectivity index (χ4v) is 5.44. The van der Waals surface area contributed by atoms with E-state index in [9.17, 15) is 24.5 Å². The lowest BCUT2D eigenvalue weighted by molar-refractivity contribution is -0.384. The second-order valence-corrected chi connectivity index (χ2v) is 10.8. The second-order valence-electron chi connectivity index (χ2n) is 8.66. The molecule has 1 fully saturated rings. The number of ether oxygens (including phenoxy) is 2. The van der Waals surface area contributed by atoms with E-state index in [1.54, 1.807) is 24.3 Å². The zero-order chi connectivity index (χ0) is 28.8. The topological polar surface area (TPSA) is 128 Å². The van der Waals surface area contributed by atoms with Crippen molar-refractivity contribution >= 4 is 68.9 Å². The van der Waals surface area contributed by atoms with Gasteiger partial charge in [0.1, 0.15) is 0 Å². The Bertz CT molecular complexity index is 1510. The number of nitro benzene ring substituents is 1. The number of anilines is 1. The van der Waals surface area contributed by atoms with Crippen LogP contribution < -0.4 is 14.8 Å². The highest BCUT2D eigenvalue weighted by atomic mass is 127. The van der Waals surface area contributed by atoms with E-state index in [1.165, 1.54) is 24.3 Å². The minimum atomic E-state index is -0.513. The van der Waals surface area contributed by atoms with E-state index in [4.69, 9.17) is 9.47 Å². The Kier molecular flexibility index (Phi) is 9.42. The third-order valence-corrected chi connectivity index (χ3v) is 7.35. The summed E-state index contributed by atoms with van der Waals surface area (Å²) in [5.74, 6) is 0.00321. The van der Waals surface area contributed by atoms with Gasteiger partial charge in [-0.1, -0.05) is 24.3 Å². The monoisotopic (exact) mass is 673 g/mol. The van der Waals surface area contributed by atoms with Crippen LogP contribution in [0.25, 0.3) is 6.08 Å². The molecule has 10 nitrogen and oxygen atoms in total. The number of imide groups is 1. The first kappa shape index (κ1) is 29.1. The molecule has 1 N–H and O–H groups in total. The fraction of sp³-hybridized carbons (Fsp3) is 0.179. The summed E-state index contributed by atoms with van der Waals surface area (Å²) in [4.78, 5) is 49.7. The fourth-order valence-electron chi connectivity index (χ4n) is 3.83. The van der Waals surface area contributed by atoms with Crippen LogP contribution in [0.3, 0.4) is 0 Å². The predicted octanol–water partition coefficient (Wildman–Crippen LogP) is 6.16. The SMILES string of the molecule is CCOc1cc(/C=C2\SC(=O)N(Cc3ccc([N+](=O)[O-])cc3)C2=O)cc(I)c1OCC(=O)Nc1cccc(C)c1. The summed E-state index contributed by atoms with van der Waals surface area (Å²) in [6.07, 6.45) is 1.60. The van der Waals surface area contributed by atoms with E-state index in [0.29, 0.717) is 38.5 Å². The molecular formula is C28H24IN3O7S. The highest BCUT2D eigenvalue weighted by molar-refractivity contribution is 14.1. The van der Waals surface area contributed by atoms with Gasteiger partial charge in [0.25, 0.3) is 22.7 Å². The number of rotatable bonds is 10. The van der Waals surface area contributed by atoms with Gasteiger partial charge in [-0.3, -0.25) is 29.4 Å². The number of nitro groups is 1. The number of benzene rings is 3. The van der Waals surface area contributed by atoms with Crippen LogP contribution >= 0.6 is 34.4 Å². The number of hydrogen-bond donors (Lipinski definition) is 1. The molecule has 4 rings (SSSR count). The molecular weight excluding hydrogens is 649 g/mol. The average molecular weight is 673 g/mol. The van der Waals surface area contributed by atoms with Gasteiger partial charge in [0.2, 0.25) is 0 Å². The minimum Gasteiger partial charge on any atom is -0.490 e. The lowest BCUT2D eigenvalue weighted by Gasteiger charge is -2.15. The van der Waals surface area contributed by atoms with Crippen LogP contribution in [0.5, 0.6) is 11.5 Å². The van der Waals surface area contributed by atoms with E-state index in [2.05, 4.69) is 27.9 Å². The van der Waals surface area contributed by atoms with Crippen LogP contribution in [0.1, 0.15) is 23.6 Å². The number of nitrogens with zero attached hydrogens (tertiary/aromatic N) is 2. The van der Waals surface area contributed by atoms with Crippen molar-refractivity contribution in [3.63, 3.8) is 0 Å². The standard InChI is InChI=1S/C28H24IN3O7S/c1-3-38-23-13-19(12-22(29)26(23)39-16-25(33)30-20-6-4-5-17(2)11-20)14-24-27(34)31(28(35)40-24)15-18-7-9-21(10-8-18)32(36)37/h4-14H,3,15-16H2,1-2H3,(H,30,33)/b24-14-. The molecule has 0 saturated carbocycles. The van der Waals surface area contributed by atoms with Crippen LogP contribution in [0.2, 0.25) is 0 Å². The second kappa shape index (κ2) is 13.0. The summed E-state index contributed by atoms with van der Waals surface area (Å²) in [5.41, 5.74) is 2.83. The van der Waals surface area contributed by atoms with Crippen molar-refractivity contribution in [3.8, 4) is 11.5 Å². The lowest BCUT2D eigenvalue weighted by atomic mass is 10.1. The molecule has 0 unspecified atom stereocenters. The first-order chi connectivity index (χ1) is 19.1. The van der Waals surface area contributed by atoms with Gasteiger partial charge in [0.05, 0.1) is 26.6 Å². The van der Waals surface area contributed by atoms with Gasteiger partial charge in [-0.05, 0) is 95.2 Å². The molecule has 0 aromatic heterocycles. The van der Waals surface area contributed by atoms with Gasteiger partial charge in [0.15, 0.2) is 18.1 Å². The maximum atomic E-state index is 13.0. The van der Waals surface area contributed by atoms with Gasteiger partial charge >= 0.3 is 0 Å². The van der Waals surface area contributed by atoms with Crippen LogP contribution in [0.15, 0.2) is 65.6 Å². The summed E-state index contributed by atoms with van der Waals surface area (Å²) < 4.78 is 12.2. The molecule has 1 saturated heterocycles. The number of hydrogen-bond acceptors (Lipinski definition) is 8. The number of carbonyl (C=O) groups excluding carboxylic acids is 3. The first-order valence-corrected chi connectivity index (χ1v) is 14.0. The zero-order valence-electron chi connectivity index (χ0n) is 21.5. The van der Waals surface area contributed by atoms with E-state index >= 15 is 0 Å². The summed E-state index contributed by atoms with van der Waals surface area (Å²) in [7, 11) is 0. The van der Waals surface area contributed by atoms with E-state index in [0.717, 1.165) is 22.2 Å². The molecule has 0 atom stereocenters. The number of amides is 3. The van der Waals surface area contributed by atoms with Crippen molar-refractivity contribution in [3.05, 3.63) is 95.9 Å². The predicted molar refractivity (Wildman–Crippen MR) is 160 cm³/mol. The molecule has 3 aromatic rings. The van der Waals surface area contributed by atoms with Crippen molar-refractivity contribution in [2.24, 2.45) is 0 Å². The van der Waals surface area contributed by atoms with Crippen molar-refractivity contribution in [2.75, 3.05) is 18.5 Å². The Labute approximate surface area is 248 Å². The number of nitrogens with one attached hydrogen (secondary N) is 1. The maximum absolute atomic E-state index is 13.0. The Morgan fingerprint density at radius 2 is 1.88 bits per heavy atom. The third kappa shape index (κ3) is 7.18. The van der Waals surface area contributed by atoms with Gasteiger partial charge in [0, 0.05) is 17.8 Å². The molecule has 0 bridgehead atoms. The first-order valence-electron chi connectivity index (χ1n) is 12.1. The normalized spacial score (nSPS) is 14.0. The van der Waals surface area contributed by atoms with Gasteiger partial charge in [-0.2, -0.15) is 0 Å².